The fourth-order valence-electron chi connectivity index (χ4n) is 2.26. The van der Waals surface area contributed by atoms with Crippen molar-refractivity contribution in [3.63, 3.8) is 0 Å². The van der Waals surface area contributed by atoms with Crippen molar-refractivity contribution in [1.29, 1.82) is 0 Å². The molecule has 1 fully saturated rings. The van der Waals surface area contributed by atoms with Gasteiger partial charge in [-0.05, 0) is 31.2 Å². The summed E-state index contributed by atoms with van der Waals surface area (Å²) in [7, 11) is 0. The van der Waals surface area contributed by atoms with Crippen LogP contribution in [0.5, 0.6) is 0 Å². The van der Waals surface area contributed by atoms with E-state index in [1.165, 1.54) is 12.8 Å². The number of halogens is 1. The number of alkyl halides is 1. The third-order valence-corrected chi connectivity index (χ3v) is 3.08. The predicted octanol–water partition coefficient (Wildman–Crippen LogP) is 2.71. The van der Waals surface area contributed by atoms with E-state index in [2.05, 4.69) is 18.7 Å². The van der Waals surface area contributed by atoms with Crippen LogP contribution in [0.15, 0.2) is 0 Å². The maximum atomic E-state index is 12.1. The van der Waals surface area contributed by atoms with Crippen LogP contribution in [0.4, 0.5) is 4.39 Å². The standard InChI is InChI=1S/C11H22FNO.C2H6/c1-3-13(8-11(14)6-12)7-10-4-9(2)5-10;1-2/h9-11,14H,3-8H2,1-2H3;1-2H3. The Morgan fingerprint density at radius 2 is 1.94 bits per heavy atom. The molecule has 16 heavy (non-hydrogen) atoms. The Labute approximate surface area is 99.8 Å². The lowest BCUT2D eigenvalue weighted by atomic mass is 9.76. The Hall–Kier alpha value is -0.150. The van der Waals surface area contributed by atoms with Crippen molar-refractivity contribution >= 4 is 0 Å². The van der Waals surface area contributed by atoms with Gasteiger partial charge in [0, 0.05) is 13.1 Å². The van der Waals surface area contributed by atoms with E-state index >= 15 is 0 Å². The van der Waals surface area contributed by atoms with Crippen LogP contribution in [0, 0.1) is 11.8 Å². The first-order chi connectivity index (χ1) is 7.65. The minimum absolute atomic E-state index is 0.484. The minimum Gasteiger partial charge on any atom is -0.389 e. The maximum absolute atomic E-state index is 12.1. The lowest BCUT2D eigenvalue weighted by Crippen LogP contribution is -2.40. The molecule has 0 bridgehead atoms. The smallest absolute Gasteiger partial charge is 0.117 e. The van der Waals surface area contributed by atoms with Crippen LogP contribution in [0.2, 0.25) is 0 Å². The van der Waals surface area contributed by atoms with Crippen molar-refractivity contribution in [3.05, 3.63) is 0 Å². The largest absolute Gasteiger partial charge is 0.389 e. The first-order valence-electron chi connectivity index (χ1n) is 6.62. The normalized spacial score (nSPS) is 25.7. The first kappa shape index (κ1) is 15.9. The van der Waals surface area contributed by atoms with Crippen molar-refractivity contribution in [2.75, 3.05) is 26.3 Å². The average molecular weight is 233 g/mol. The van der Waals surface area contributed by atoms with Crippen molar-refractivity contribution < 1.29 is 9.50 Å². The highest BCUT2D eigenvalue weighted by Gasteiger charge is 2.27. The van der Waals surface area contributed by atoms with E-state index in [0.717, 1.165) is 24.9 Å². The second-order valence-electron chi connectivity index (χ2n) is 4.60. The van der Waals surface area contributed by atoms with E-state index in [9.17, 15) is 9.50 Å². The fraction of sp³-hybridized carbons (Fsp3) is 1.00. The van der Waals surface area contributed by atoms with Gasteiger partial charge >= 0.3 is 0 Å². The van der Waals surface area contributed by atoms with Crippen LogP contribution in [-0.2, 0) is 0 Å². The van der Waals surface area contributed by atoms with E-state index < -0.39 is 12.8 Å². The zero-order valence-electron chi connectivity index (χ0n) is 11.2. The number of nitrogens with zero attached hydrogens (tertiary/aromatic N) is 1. The molecule has 1 aliphatic carbocycles. The summed E-state index contributed by atoms with van der Waals surface area (Å²) in [6.45, 7) is 10.1. The molecule has 1 rings (SSSR count). The molecule has 1 N–H and O–H groups in total. The quantitative estimate of drug-likeness (QED) is 0.762. The topological polar surface area (TPSA) is 23.5 Å². The second kappa shape index (κ2) is 8.94. The Bertz CT molecular complexity index is 160. The zero-order valence-corrected chi connectivity index (χ0v) is 11.2. The van der Waals surface area contributed by atoms with Gasteiger partial charge in [-0.3, -0.25) is 0 Å². The first-order valence-corrected chi connectivity index (χ1v) is 6.62. The molecule has 0 spiro atoms. The fourth-order valence-corrected chi connectivity index (χ4v) is 2.26. The Morgan fingerprint density at radius 3 is 2.31 bits per heavy atom. The predicted molar refractivity (Wildman–Crippen MR) is 67.3 cm³/mol. The number of rotatable bonds is 6. The summed E-state index contributed by atoms with van der Waals surface area (Å²) in [5, 5.41) is 9.20. The van der Waals surface area contributed by atoms with Gasteiger partial charge in [0.1, 0.15) is 6.67 Å². The molecule has 0 saturated heterocycles. The van der Waals surface area contributed by atoms with Gasteiger partial charge in [0.25, 0.3) is 0 Å². The van der Waals surface area contributed by atoms with Gasteiger partial charge in [-0.1, -0.05) is 27.7 Å². The van der Waals surface area contributed by atoms with Crippen LogP contribution in [-0.4, -0.2) is 42.4 Å². The summed E-state index contributed by atoms with van der Waals surface area (Å²) >= 11 is 0. The lowest BCUT2D eigenvalue weighted by Gasteiger charge is -2.37. The highest BCUT2D eigenvalue weighted by Crippen LogP contribution is 2.33. The molecule has 0 aromatic heterocycles. The van der Waals surface area contributed by atoms with Crippen molar-refractivity contribution in [1.82, 2.24) is 4.90 Å². The highest BCUT2D eigenvalue weighted by atomic mass is 19.1. The van der Waals surface area contributed by atoms with E-state index in [-0.39, 0.29) is 0 Å². The van der Waals surface area contributed by atoms with Gasteiger partial charge in [0.05, 0.1) is 6.10 Å². The van der Waals surface area contributed by atoms with Gasteiger partial charge < -0.3 is 10.0 Å². The molecule has 3 heteroatoms. The molecular weight excluding hydrogens is 205 g/mol. The van der Waals surface area contributed by atoms with E-state index in [1.807, 2.05) is 13.8 Å². The third-order valence-electron chi connectivity index (χ3n) is 3.08. The SMILES string of the molecule is CC.CCN(CC(O)CF)CC1CC(C)C1. The minimum atomic E-state index is -0.799. The maximum Gasteiger partial charge on any atom is 0.117 e. The van der Waals surface area contributed by atoms with Crippen LogP contribution < -0.4 is 0 Å². The summed E-state index contributed by atoms with van der Waals surface area (Å²) in [5.41, 5.74) is 0. The summed E-state index contributed by atoms with van der Waals surface area (Å²) in [6, 6.07) is 0. The summed E-state index contributed by atoms with van der Waals surface area (Å²) in [6.07, 6.45) is 1.79. The molecule has 0 aliphatic heterocycles. The average Bonchev–Trinajstić information content (AvgIpc) is 2.28. The molecule has 1 saturated carbocycles. The van der Waals surface area contributed by atoms with Gasteiger partial charge in [0.2, 0.25) is 0 Å². The molecule has 1 aliphatic rings. The summed E-state index contributed by atoms with van der Waals surface area (Å²) < 4.78 is 12.1. The van der Waals surface area contributed by atoms with Crippen molar-refractivity contribution in [2.45, 2.75) is 46.6 Å². The summed E-state index contributed by atoms with van der Waals surface area (Å²) in [4.78, 5) is 2.15. The van der Waals surface area contributed by atoms with Gasteiger partial charge in [-0.15, -0.1) is 0 Å². The molecule has 0 heterocycles. The van der Waals surface area contributed by atoms with Crippen LogP contribution in [0.25, 0.3) is 0 Å². The molecule has 1 atom stereocenters. The third kappa shape index (κ3) is 5.80. The van der Waals surface area contributed by atoms with E-state index in [4.69, 9.17) is 0 Å². The van der Waals surface area contributed by atoms with E-state index in [1.54, 1.807) is 0 Å². The molecule has 0 aromatic carbocycles. The van der Waals surface area contributed by atoms with Gasteiger partial charge in [-0.25, -0.2) is 4.39 Å². The second-order valence-corrected chi connectivity index (χ2v) is 4.60. The lowest BCUT2D eigenvalue weighted by molar-refractivity contribution is 0.0670. The molecule has 0 aromatic rings. The number of aliphatic hydroxyl groups is 1. The number of aliphatic hydroxyl groups excluding tert-OH is 1. The number of likely N-dealkylation sites (N-methyl/N-ethyl adjacent to an activating group) is 1. The Morgan fingerprint density at radius 1 is 1.38 bits per heavy atom. The molecule has 1 unspecified atom stereocenters. The van der Waals surface area contributed by atoms with Gasteiger partial charge in [0.15, 0.2) is 0 Å². The summed E-state index contributed by atoms with van der Waals surface area (Å²) in [5.74, 6) is 1.64. The molecule has 98 valence electrons. The molecular formula is C13H28FNO. The highest BCUT2D eigenvalue weighted by molar-refractivity contribution is 4.79. The van der Waals surface area contributed by atoms with Crippen LogP contribution in [0.1, 0.15) is 40.5 Å². The Balaban J connectivity index is 0.00000106. The zero-order chi connectivity index (χ0) is 12.6. The number of hydrogen-bond acceptors (Lipinski definition) is 2. The monoisotopic (exact) mass is 233 g/mol. The van der Waals surface area contributed by atoms with Crippen LogP contribution >= 0.6 is 0 Å². The molecule has 2 nitrogen and oxygen atoms in total. The van der Waals surface area contributed by atoms with Crippen molar-refractivity contribution in [3.8, 4) is 0 Å². The van der Waals surface area contributed by atoms with Crippen LogP contribution in [0.3, 0.4) is 0 Å². The Kier molecular flexibility index (Phi) is 8.86. The number of hydrogen-bond donors (Lipinski definition) is 1. The van der Waals surface area contributed by atoms with Gasteiger partial charge in [-0.2, -0.15) is 0 Å². The molecule has 0 amide bonds. The van der Waals surface area contributed by atoms with Crippen molar-refractivity contribution in [2.24, 2.45) is 11.8 Å². The van der Waals surface area contributed by atoms with E-state index in [0.29, 0.717) is 6.54 Å². The molecule has 0 radical (unpaired) electrons.